The number of aryl methyl sites for hydroxylation is 2. The minimum Gasteiger partial charge on any atom is -0.481 e. The summed E-state index contributed by atoms with van der Waals surface area (Å²) >= 11 is 6.95. The van der Waals surface area contributed by atoms with Gasteiger partial charge in [0.05, 0.1) is 29.5 Å². The van der Waals surface area contributed by atoms with Crippen LogP contribution in [0.2, 0.25) is 5.02 Å². The molecule has 0 fully saturated rings. The largest absolute Gasteiger partial charge is 0.481 e. The average Bonchev–Trinajstić information content (AvgIpc) is 2.92. The van der Waals surface area contributed by atoms with Crippen LogP contribution in [0.4, 0.5) is 11.5 Å². The first-order chi connectivity index (χ1) is 18.2. The second-order valence-electron chi connectivity index (χ2n) is 8.95. The molecule has 2 aromatic carbocycles. The lowest BCUT2D eigenvalue weighted by atomic mass is 9.96. The third-order valence-electron chi connectivity index (χ3n) is 6.68. The van der Waals surface area contributed by atoms with E-state index in [0.717, 1.165) is 38.1 Å². The Morgan fingerprint density at radius 2 is 1.63 bits per heavy atom. The zero-order chi connectivity index (χ0) is 27.1. The minimum absolute atomic E-state index is 0.259. The molecule has 0 aliphatic rings. The van der Waals surface area contributed by atoms with E-state index >= 15 is 0 Å². The maximum atomic E-state index is 13.0. The van der Waals surface area contributed by atoms with Gasteiger partial charge in [0.25, 0.3) is 5.56 Å². The highest BCUT2D eigenvalue weighted by atomic mass is 35.5. The zero-order valence-corrected chi connectivity index (χ0v) is 22.3. The summed E-state index contributed by atoms with van der Waals surface area (Å²) in [4.78, 5) is 30.0. The molecule has 0 aliphatic heterocycles. The number of hydrogen-bond acceptors (Lipinski definition) is 7. The van der Waals surface area contributed by atoms with Gasteiger partial charge in [0.15, 0.2) is 5.82 Å². The van der Waals surface area contributed by atoms with Gasteiger partial charge in [-0.3, -0.25) is 13.9 Å². The van der Waals surface area contributed by atoms with Crippen LogP contribution in [0.3, 0.4) is 0 Å². The number of pyridine rings is 1. The molecule has 0 atom stereocenters. The van der Waals surface area contributed by atoms with Crippen molar-refractivity contribution in [1.82, 2.24) is 24.3 Å². The highest BCUT2D eigenvalue weighted by molar-refractivity contribution is 6.36. The smallest absolute Gasteiger partial charge is 0.330 e. The Kier molecular flexibility index (Phi) is 6.46. The Hall–Kier alpha value is -4.50. The molecular formula is C28H25ClN6O3. The highest BCUT2D eigenvalue weighted by Gasteiger charge is 2.18. The normalized spacial score (nSPS) is 11.1. The summed E-state index contributed by atoms with van der Waals surface area (Å²) in [6.07, 6.45) is 1.41. The molecule has 5 aromatic rings. The number of aromatic nitrogens is 5. The zero-order valence-electron chi connectivity index (χ0n) is 21.5. The molecule has 0 amide bonds. The number of fused-ring (bicyclic) bond motifs is 1. The second-order valence-corrected chi connectivity index (χ2v) is 9.33. The molecule has 192 valence electrons. The van der Waals surface area contributed by atoms with Gasteiger partial charge in [0, 0.05) is 36.5 Å². The van der Waals surface area contributed by atoms with E-state index in [0.29, 0.717) is 22.1 Å². The third kappa shape index (κ3) is 4.10. The molecule has 0 bridgehead atoms. The van der Waals surface area contributed by atoms with Crippen molar-refractivity contribution in [1.29, 1.82) is 0 Å². The van der Waals surface area contributed by atoms with Crippen molar-refractivity contribution < 1.29 is 4.74 Å². The van der Waals surface area contributed by atoms with Gasteiger partial charge >= 0.3 is 5.69 Å². The summed E-state index contributed by atoms with van der Waals surface area (Å²) in [5, 5.41) is 12.3. The van der Waals surface area contributed by atoms with Crippen LogP contribution < -0.4 is 21.3 Å². The summed E-state index contributed by atoms with van der Waals surface area (Å²) in [7, 11) is 4.62. The van der Waals surface area contributed by atoms with Crippen LogP contribution in [-0.2, 0) is 14.1 Å². The van der Waals surface area contributed by atoms with Gasteiger partial charge in [-0.15, -0.1) is 5.10 Å². The number of ether oxygens (including phenoxy) is 1. The molecule has 0 unspecified atom stereocenters. The Morgan fingerprint density at radius 3 is 2.39 bits per heavy atom. The summed E-state index contributed by atoms with van der Waals surface area (Å²) in [5.74, 6) is 0.806. The lowest BCUT2D eigenvalue weighted by Crippen LogP contribution is -2.37. The number of halogens is 1. The molecule has 0 radical (unpaired) electrons. The Labute approximate surface area is 223 Å². The topological polar surface area (TPSA) is 104 Å². The van der Waals surface area contributed by atoms with Gasteiger partial charge in [-0.2, -0.15) is 5.10 Å². The van der Waals surface area contributed by atoms with Gasteiger partial charge < -0.3 is 10.1 Å². The van der Waals surface area contributed by atoms with Crippen molar-refractivity contribution >= 4 is 34.0 Å². The van der Waals surface area contributed by atoms with Crippen LogP contribution in [0.15, 0.2) is 64.3 Å². The maximum absolute atomic E-state index is 13.0. The molecule has 0 saturated carbocycles. The van der Waals surface area contributed by atoms with Crippen molar-refractivity contribution in [3.8, 4) is 28.3 Å². The third-order valence-corrected chi connectivity index (χ3v) is 7.09. The van der Waals surface area contributed by atoms with Crippen molar-refractivity contribution in [2.24, 2.45) is 14.1 Å². The first-order valence-corrected chi connectivity index (χ1v) is 12.2. The first-order valence-electron chi connectivity index (χ1n) is 11.8. The van der Waals surface area contributed by atoms with Crippen molar-refractivity contribution in [3.63, 3.8) is 0 Å². The molecule has 5 rings (SSSR count). The number of anilines is 2. The molecule has 38 heavy (non-hydrogen) atoms. The predicted molar refractivity (Wildman–Crippen MR) is 149 cm³/mol. The number of methoxy groups -OCH3 is 1. The van der Waals surface area contributed by atoms with Gasteiger partial charge in [-0.05, 0) is 37.1 Å². The SMILES string of the molecule is COc1nc(-c2cccc(-c3cccc(Nc4nncc5c4c(=O)n(C)c(=O)n5C)c3C)c2Cl)ccc1C. The van der Waals surface area contributed by atoms with Crippen LogP contribution in [0.1, 0.15) is 11.1 Å². The van der Waals surface area contributed by atoms with Gasteiger partial charge in [-0.25, -0.2) is 9.78 Å². The number of nitrogens with one attached hydrogen (secondary N) is 1. The van der Waals surface area contributed by atoms with Crippen LogP contribution in [0, 0.1) is 13.8 Å². The minimum atomic E-state index is -0.453. The van der Waals surface area contributed by atoms with E-state index in [9.17, 15) is 9.59 Å². The Balaban J connectivity index is 1.61. The van der Waals surface area contributed by atoms with Crippen LogP contribution in [0.25, 0.3) is 33.3 Å². The monoisotopic (exact) mass is 528 g/mol. The second kappa shape index (κ2) is 9.75. The van der Waals surface area contributed by atoms with Crippen molar-refractivity contribution in [2.45, 2.75) is 13.8 Å². The number of nitrogens with zero attached hydrogens (tertiary/aromatic N) is 5. The fourth-order valence-electron chi connectivity index (χ4n) is 4.51. The fourth-order valence-corrected chi connectivity index (χ4v) is 4.83. The standard InChI is InChI=1S/C28H25ClN6O3/c1-15-12-13-21(32-26(15)38-5)19-10-6-9-18(24(19)29)17-8-7-11-20(16(17)2)31-25-23-22(14-30-33-25)34(3)28(37)35(4)27(23)36/h6-14H,1-5H3,(H,31,33). The van der Waals surface area contributed by atoms with Crippen LogP contribution in [-0.4, -0.2) is 31.4 Å². The Bertz CT molecular complexity index is 1840. The van der Waals surface area contributed by atoms with E-state index < -0.39 is 11.2 Å². The number of hydrogen-bond donors (Lipinski definition) is 1. The van der Waals surface area contributed by atoms with Gasteiger partial charge in [-0.1, -0.05) is 48.0 Å². The molecule has 10 heteroatoms. The quantitative estimate of drug-likeness (QED) is 0.350. The molecular weight excluding hydrogens is 504 g/mol. The lowest BCUT2D eigenvalue weighted by molar-refractivity contribution is 0.395. The lowest BCUT2D eigenvalue weighted by Gasteiger charge is -2.16. The maximum Gasteiger partial charge on any atom is 0.330 e. The van der Waals surface area contributed by atoms with Crippen molar-refractivity contribution in [2.75, 3.05) is 12.4 Å². The molecule has 0 aliphatic carbocycles. The summed E-state index contributed by atoms with van der Waals surface area (Å²) in [6.45, 7) is 3.89. The van der Waals surface area contributed by atoms with E-state index in [2.05, 4.69) is 20.5 Å². The summed E-state index contributed by atoms with van der Waals surface area (Å²) in [6, 6.07) is 15.4. The van der Waals surface area contributed by atoms with E-state index in [1.165, 1.54) is 17.8 Å². The van der Waals surface area contributed by atoms with E-state index in [1.54, 1.807) is 14.2 Å². The van der Waals surface area contributed by atoms with Crippen LogP contribution >= 0.6 is 11.6 Å². The van der Waals surface area contributed by atoms with Gasteiger partial charge in [0.2, 0.25) is 5.88 Å². The van der Waals surface area contributed by atoms with E-state index in [4.69, 9.17) is 16.3 Å². The first kappa shape index (κ1) is 25.2. The molecule has 0 saturated heterocycles. The van der Waals surface area contributed by atoms with E-state index in [-0.39, 0.29) is 11.2 Å². The van der Waals surface area contributed by atoms with E-state index in [1.807, 2.05) is 62.4 Å². The average molecular weight is 529 g/mol. The highest BCUT2D eigenvalue weighted by Crippen LogP contribution is 2.39. The molecule has 3 aromatic heterocycles. The van der Waals surface area contributed by atoms with Crippen LogP contribution in [0.5, 0.6) is 5.88 Å². The molecule has 0 spiro atoms. The van der Waals surface area contributed by atoms with Crippen molar-refractivity contribution in [3.05, 3.63) is 91.7 Å². The Morgan fingerprint density at radius 1 is 0.921 bits per heavy atom. The summed E-state index contributed by atoms with van der Waals surface area (Å²) < 4.78 is 7.83. The summed E-state index contributed by atoms with van der Waals surface area (Å²) in [5.41, 5.74) is 5.26. The number of rotatable bonds is 5. The predicted octanol–water partition coefficient (Wildman–Crippen LogP) is 4.78. The molecule has 9 nitrogen and oxygen atoms in total. The molecule has 1 N–H and O–H groups in total. The number of benzene rings is 2. The molecule has 3 heterocycles. The fraction of sp³-hybridized carbons (Fsp3) is 0.179. The van der Waals surface area contributed by atoms with Gasteiger partial charge in [0.1, 0.15) is 5.39 Å².